The number of hydrazone groups is 1. The van der Waals surface area contributed by atoms with Crippen molar-refractivity contribution in [3.63, 3.8) is 0 Å². The van der Waals surface area contributed by atoms with Gasteiger partial charge in [0.05, 0.1) is 23.4 Å². The highest BCUT2D eigenvalue weighted by Gasteiger charge is 2.17. The van der Waals surface area contributed by atoms with Crippen LogP contribution in [0.3, 0.4) is 0 Å². The molecule has 3 rings (SSSR count). The van der Waals surface area contributed by atoms with Gasteiger partial charge < -0.3 is 14.8 Å². The number of carbonyl (C=O) groups excluding carboxylic acids is 3. The summed E-state index contributed by atoms with van der Waals surface area (Å²) in [5.41, 5.74) is 5.88. The number of methoxy groups -OCH3 is 1. The van der Waals surface area contributed by atoms with Crippen LogP contribution in [0.1, 0.15) is 34.0 Å². The number of amides is 2. The fourth-order valence-corrected chi connectivity index (χ4v) is 3.35. The maximum absolute atomic E-state index is 12.5. The third kappa shape index (κ3) is 6.45. The van der Waals surface area contributed by atoms with Crippen LogP contribution in [-0.4, -0.2) is 30.6 Å². The first-order valence-corrected chi connectivity index (χ1v) is 11.0. The van der Waals surface area contributed by atoms with Crippen molar-refractivity contribution in [3.05, 3.63) is 87.9 Å². The zero-order valence-corrected chi connectivity index (χ0v) is 20.4. The van der Waals surface area contributed by atoms with Gasteiger partial charge in [-0.3, -0.25) is 9.59 Å². The third-order valence-electron chi connectivity index (χ3n) is 5.04. The normalized spacial score (nSPS) is 10.9. The average molecular weight is 494 g/mol. The van der Waals surface area contributed by atoms with E-state index in [0.29, 0.717) is 17.0 Å². The van der Waals surface area contributed by atoms with E-state index in [0.717, 1.165) is 11.1 Å². The highest BCUT2D eigenvalue weighted by Crippen LogP contribution is 2.30. The molecule has 0 bridgehead atoms. The van der Waals surface area contributed by atoms with Gasteiger partial charge in [0.2, 0.25) is 0 Å². The molecule has 0 saturated heterocycles. The quantitative estimate of drug-likeness (QED) is 0.171. The molecule has 2 amide bonds. The van der Waals surface area contributed by atoms with Gasteiger partial charge in [-0.05, 0) is 62.7 Å². The number of halogens is 1. The van der Waals surface area contributed by atoms with Gasteiger partial charge in [0, 0.05) is 11.3 Å². The van der Waals surface area contributed by atoms with E-state index in [2.05, 4.69) is 15.8 Å². The monoisotopic (exact) mass is 493 g/mol. The third-order valence-corrected chi connectivity index (χ3v) is 5.37. The molecule has 0 radical (unpaired) electrons. The minimum absolute atomic E-state index is 0.186. The number of hydrogen-bond donors (Lipinski definition) is 2. The van der Waals surface area contributed by atoms with Crippen LogP contribution in [0, 0.1) is 13.8 Å². The smallest absolute Gasteiger partial charge is 0.345 e. The number of ether oxygens (including phenoxy) is 2. The lowest BCUT2D eigenvalue weighted by Crippen LogP contribution is -2.33. The van der Waals surface area contributed by atoms with Gasteiger partial charge in [-0.2, -0.15) is 5.10 Å². The van der Waals surface area contributed by atoms with E-state index in [-0.39, 0.29) is 22.1 Å². The van der Waals surface area contributed by atoms with E-state index in [9.17, 15) is 14.4 Å². The fraction of sp³-hybridized carbons (Fsp3) is 0.154. The van der Waals surface area contributed by atoms with Crippen molar-refractivity contribution >= 4 is 40.8 Å². The zero-order chi connectivity index (χ0) is 25.5. The van der Waals surface area contributed by atoms with Gasteiger partial charge in [0.25, 0.3) is 0 Å². The Morgan fingerprint density at radius 1 is 0.914 bits per heavy atom. The fourth-order valence-electron chi connectivity index (χ4n) is 3.14. The molecule has 35 heavy (non-hydrogen) atoms. The van der Waals surface area contributed by atoms with Crippen molar-refractivity contribution < 1.29 is 23.9 Å². The molecule has 0 saturated carbocycles. The Labute approximate surface area is 207 Å². The maximum Gasteiger partial charge on any atom is 0.345 e. The standard InChI is InChI=1S/C26H24ClN3O5/c1-15-9-11-21(16(2)13-15)28-24(31)25(32)30-29-17(3)18-10-12-22(23(14-18)34-4)35-26(33)19-7-5-6-8-20(19)27/h5-14H,1-4H3,(H,28,31)(H,30,32)/b29-17+. The molecule has 0 heterocycles. The molecule has 3 aromatic rings. The predicted octanol–water partition coefficient (Wildman–Crippen LogP) is 4.66. The first-order valence-electron chi connectivity index (χ1n) is 10.6. The van der Waals surface area contributed by atoms with E-state index in [1.54, 1.807) is 49.4 Å². The lowest BCUT2D eigenvalue weighted by molar-refractivity contribution is -0.136. The van der Waals surface area contributed by atoms with Crippen LogP contribution in [0.15, 0.2) is 65.8 Å². The first-order chi connectivity index (χ1) is 16.7. The van der Waals surface area contributed by atoms with Gasteiger partial charge >= 0.3 is 17.8 Å². The Morgan fingerprint density at radius 2 is 1.66 bits per heavy atom. The summed E-state index contributed by atoms with van der Waals surface area (Å²) in [6.07, 6.45) is 0. The molecule has 180 valence electrons. The number of esters is 1. The summed E-state index contributed by atoms with van der Waals surface area (Å²) < 4.78 is 10.8. The second-order valence-corrected chi connectivity index (χ2v) is 8.05. The molecular formula is C26H24ClN3O5. The van der Waals surface area contributed by atoms with Crippen LogP contribution >= 0.6 is 11.6 Å². The van der Waals surface area contributed by atoms with Crippen LogP contribution < -0.4 is 20.2 Å². The molecule has 0 aliphatic carbocycles. The Hall–Kier alpha value is -4.17. The van der Waals surface area contributed by atoms with Crippen LogP contribution in [0.2, 0.25) is 5.02 Å². The van der Waals surface area contributed by atoms with E-state index in [1.165, 1.54) is 13.2 Å². The SMILES string of the molecule is COc1cc(/C(C)=N/NC(=O)C(=O)Nc2ccc(C)cc2C)ccc1OC(=O)c1ccccc1Cl. The Bertz CT molecular complexity index is 1320. The van der Waals surface area contributed by atoms with Gasteiger partial charge in [-0.15, -0.1) is 0 Å². The summed E-state index contributed by atoms with van der Waals surface area (Å²) >= 11 is 6.06. The Morgan fingerprint density at radius 3 is 2.34 bits per heavy atom. The van der Waals surface area contributed by atoms with E-state index >= 15 is 0 Å². The molecule has 3 aromatic carbocycles. The molecule has 9 heteroatoms. The molecular weight excluding hydrogens is 470 g/mol. The topological polar surface area (TPSA) is 106 Å². The lowest BCUT2D eigenvalue weighted by Gasteiger charge is -2.12. The van der Waals surface area contributed by atoms with Crippen molar-refractivity contribution in [2.75, 3.05) is 12.4 Å². The Kier molecular flexibility index (Phi) is 8.22. The van der Waals surface area contributed by atoms with E-state index in [4.69, 9.17) is 21.1 Å². The molecule has 0 unspecified atom stereocenters. The number of rotatable bonds is 6. The largest absolute Gasteiger partial charge is 0.493 e. The van der Waals surface area contributed by atoms with Gasteiger partial charge in [-0.25, -0.2) is 10.2 Å². The molecule has 0 aliphatic rings. The minimum atomic E-state index is -0.915. The molecule has 0 fully saturated rings. The summed E-state index contributed by atoms with van der Waals surface area (Å²) in [7, 11) is 1.43. The maximum atomic E-state index is 12.5. The van der Waals surface area contributed by atoms with Crippen LogP contribution in [0.4, 0.5) is 5.69 Å². The molecule has 0 spiro atoms. The minimum Gasteiger partial charge on any atom is -0.493 e. The molecule has 0 aliphatic heterocycles. The summed E-state index contributed by atoms with van der Waals surface area (Å²) in [5.74, 6) is -1.93. The van der Waals surface area contributed by atoms with Crippen molar-refractivity contribution in [3.8, 4) is 11.5 Å². The van der Waals surface area contributed by atoms with Crippen molar-refractivity contribution in [2.24, 2.45) is 5.10 Å². The predicted molar refractivity (Wildman–Crippen MR) is 134 cm³/mol. The number of carbonyl (C=O) groups is 3. The van der Waals surface area contributed by atoms with Crippen LogP contribution in [0.5, 0.6) is 11.5 Å². The zero-order valence-electron chi connectivity index (χ0n) is 19.6. The van der Waals surface area contributed by atoms with Gasteiger partial charge in [-0.1, -0.05) is 41.4 Å². The number of anilines is 1. The van der Waals surface area contributed by atoms with Crippen molar-refractivity contribution in [1.29, 1.82) is 0 Å². The summed E-state index contributed by atoms with van der Waals surface area (Å²) in [6, 6.07) is 16.8. The number of hydrogen-bond acceptors (Lipinski definition) is 6. The molecule has 0 aromatic heterocycles. The summed E-state index contributed by atoms with van der Waals surface area (Å²) in [5, 5.41) is 6.83. The van der Waals surface area contributed by atoms with E-state index < -0.39 is 17.8 Å². The second-order valence-electron chi connectivity index (χ2n) is 7.65. The summed E-state index contributed by atoms with van der Waals surface area (Å²) in [4.78, 5) is 36.9. The van der Waals surface area contributed by atoms with Gasteiger partial charge in [0.15, 0.2) is 11.5 Å². The second kappa shape index (κ2) is 11.3. The number of aryl methyl sites for hydroxylation is 2. The number of nitrogens with zero attached hydrogens (tertiary/aromatic N) is 1. The summed E-state index contributed by atoms with van der Waals surface area (Å²) in [6.45, 7) is 5.42. The first kappa shape index (κ1) is 25.5. The van der Waals surface area contributed by atoms with E-state index in [1.807, 2.05) is 26.0 Å². The van der Waals surface area contributed by atoms with Crippen molar-refractivity contribution in [1.82, 2.24) is 5.43 Å². The molecule has 2 N–H and O–H groups in total. The van der Waals surface area contributed by atoms with Crippen LogP contribution in [0.25, 0.3) is 0 Å². The van der Waals surface area contributed by atoms with Crippen LogP contribution in [-0.2, 0) is 9.59 Å². The van der Waals surface area contributed by atoms with Crippen molar-refractivity contribution in [2.45, 2.75) is 20.8 Å². The number of nitrogens with one attached hydrogen (secondary N) is 2. The lowest BCUT2D eigenvalue weighted by atomic mass is 10.1. The molecule has 8 nitrogen and oxygen atoms in total. The Balaban J connectivity index is 1.68. The highest BCUT2D eigenvalue weighted by molar-refractivity contribution is 6.39. The van der Waals surface area contributed by atoms with Gasteiger partial charge in [0.1, 0.15) is 0 Å². The highest BCUT2D eigenvalue weighted by atomic mass is 35.5. The number of benzene rings is 3. The molecule has 0 atom stereocenters. The average Bonchev–Trinajstić information content (AvgIpc) is 2.84.